The van der Waals surface area contributed by atoms with Gasteiger partial charge in [0.25, 0.3) is 10.0 Å². The summed E-state index contributed by atoms with van der Waals surface area (Å²) in [6.45, 7) is 4.60. The topological polar surface area (TPSA) is 124 Å². The second-order valence-electron chi connectivity index (χ2n) is 12.8. The number of hydrogen-bond donors (Lipinski definition) is 1. The first-order valence-electron chi connectivity index (χ1n) is 16.2. The van der Waals surface area contributed by atoms with E-state index in [-0.39, 0.29) is 40.1 Å². The van der Waals surface area contributed by atoms with Crippen molar-refractivity contribution in [1.29, 1.82) is 0 Å². The van der Waals surface area contributed by atoms with Crippen LogP contribution < -0.4 is 28.6 Å². The Bertz CT molecular complexity index is 1990. The number of carbonyl (C=O) groups excluding carboxylic acids is 2. The molecule has 0 radical (unpaired) electrons. The predicted molar refractivity (Wildman–Crippen MR) is 202 cm³/mol. The molecule has 0 unspecified atom stereocenters. The monoisotopic (exact) mass is 771 g/mol. The molecule has 0 aliphatic heterocycles. The van der Waals surface area contributed by atoms with Gasteiger partial charge in [-0.3, -0.25) is 13.9 Å². The molecular formula is C38H43Cl2N3O8S. The third-order valence-corrected chi connectivity index (χ3v) is 10.3. The third-order valence-electron chi connectivity index (χ3n) is 8.00. The Hall–Kier alpha value is -4.65. The van der Waals surface area contributed by atoms with E-state index in [0.717, 1.165) is 9.87 Å². The quantitative estimate of drug-likeness (QED) is 0.140. The molecule has 0 heterocycles. The zero-order valence-corrected chi connectivity index (χ0v) is 32.4. The fraction of sp³-hybridized carbons (Fsp3) is 0.316. The second-order valence-corrected chi connectivity index (χ2v) is 15.5. The van der Waals surface area contributed by atoms with Gasteiger partial charge in [-0.2, -0.15) is 0 Å². The second kappa shape index (κ2) is 17.2. The first-order valence-corrected chi connectivity index (χ1v) is 18.4. The van der Waals surface area contributed by atoms with Crippen LogP contribution >= 0.6 is 23.2 Å². The highest BCUT2D eigenvalue weighted by Crippen LogP contribution is 2.38. The molecule has 52 heavy (non-hydrogen) atoms. The van der Waals surface area contributed by atoms with E-state index >= 15 is 0 Å². The van der Waals surface area contributed by atoms with Gasteiger partial charge in [-0.25, -0.2) is 8.42 Å². The SMILES string of the molecule is COc1ccc(OC)c(N(CC(=O)N(Cc2ccc(Cl)cc2Cl)[C@@H](Cc2ccccc2)C(=O)NC(C)(C)C)S(=O)(=O)c2ccc(OC)c(OC)c2)c1. The van der Waals surface area contributed by atoms with Gasteiger partial charge in [0.2, 0.25) is 11.8 Å². The van der Waals surface area contributed by atoms with Crippen molar-refractivity contribution in [1.82, 2.24) is 10.2 Å². The smallest absolute Gasteiger partial charge is 0.265 e. The summed E-state index contributed by atoms with van der Waals surface area (Å²) in [5.41, 5.74) is 0.637. The van der Waals surface area contributed by atoms with Crippen LogP contribution in [0.25, 0.3) is 0 Å². The first kappa shape index (κ1) is 40.1. The Morgan fingerprint density at radius 3 is 2.04 bits per heavy atom. The lowest BCUT2D eigenvalue weighted by molar-refractivity contribution is -0.140. The zero-order valence-electron chi connectivity index (χ0n) is 30.1. The van der Waals surface area contributed by atoms with Crippen LogP contribution in [0.2, 0.25) is 10.0 Å². The highest BCUT2D eigenvalue weighted by Gasteiger charge is 2.37. The molecule has 14 heteroatoms. The van der Waals surface area contributed by atoms with Gasteiger partial charge >= 0.3 is 0 Å². The van der Waals surface area contributed by atoms with Gasteiger partial charge in [-0.15, -0.1) is 0 Å². The highest BCUT2D eigenvalue weighted by atomic mass is 35.5. The Kier molecular flexibility index (Phi) is 13.3. The van der Waals surface area contributed by atoms with E-state index in [2.05, 4.69) is 5.32 Å². The molecule has 278 valence electrons. The number of anilines is 1. The maximum atomic E-state index is 14.9. The van der Waals surface area contributed by atoms with Crippen LogP contribution in [-0.2, 0) is 32.6 Å². The number of rotatable bonds is 15. The Morgan fingerprint density at radius 1 is 0.788 bits per heavy atom. The number of benzene rings is 4. The number of nitrogens with one attached hydrogen (secondary N) is 1. The number of methoxy groups -OCH3 is 4. The average Bonchev–Trinajstić information content (AvgIpc) is 3.11. The van der Waals surface area contributed by atoms with Crippen molar-refractivity contribution in [2.75, 3.05) is 39.3 Å². The minimum Gasteiger partial charge on any atom is -0.497 e. The largest absolute Gasteiger partial charge is 0.497 e. The maximum absolute atomic E-state index is 14.9. The summed E-state index contributed by atoms with van der Waals surface area (Å²) >= 11 is 12.8. The van der Waals surface area contributed by atoms with Crippen molar-refractivity contribution in [3.8, 4) is 23.0 Å². The number of nitrogens with zero attached hydrogens (tertiary/aromatic N) is 2. The summed E-state index contributed by atoms with van der Waals surface area (Å²) in [7, 11) is 1.09. The Balaban J connectivity index is 1.93. The third kappa shape index (κ3) is 9.81. The van der Waals surface area contributed by atoms with Crippen LogP contribution in [0.3, 0.4) is 0 Å². The molecule has 1 N–H and O–H groups in total. The fourth-order valence-corrected chi connectivity index (χ4v) is 7.35. The summed E-state index contributed by atoms with van der Waals surface area (Å²) in [6.07, 6.45) is 0.116. The lowest BCUT2D eigenvalue weighted by atomic mass is 10.0. The van der Waals surface area contributed by atoms with E-state index in [1.807, 2.05) is 51.1 Å². The summed E-state index contributed by atoms with van der Waals surface area (Å²) in [5, 5.41) is 3.65. The molecule has 1 atom stereocenters. The summed E-state index contributed by atoms with van der Waals surface area (Å²) in [4.78, 5) is 30.2. The number of amides is 2. The molecule has 0 saturated heterocycles. The molecule has 0 aliphatic carbocycles. The van der Waals surface area contributed by atoms with Crippen LogP contribution in [0.4, 0.5) is 5.69 Å². The van der Waals surface area contributed by atoms with Gasteiger partial charge in [-0.1, -0.05) is 59.6 Å². The molecule has 2 amide bonds. The molecule has 0 aromatic heterocycles. The molecule has 11 nitrogen and oxygen atoms in total. The molecule has 0 bridgehead atoms. The van der Waals surface area contributed by atoms with Crippen LogP contribution in [0, 0.1) is 0 Å². The van der Waals surface area contributed by atoms with Gasteiger partial charge in [-0.05, 0) is 68.3 Å². The fourth-order valence-electron chi connectivity index (χ4n) is 5.45. The van der Waals surface area contributed by atoms with E-state index in [4.69, 9.17) is 42.1 Å². The van der Waals surface area contributed by atoms with Crippen LogP contribution in [-0.4, -0.2) is 71.7 Å². The molecule has 0 saturated carbocycles. The average molecular weight is 773 g/mol. The van der Waals surface area contributed by atoms with Crippen molar-refractivity contribution in [2.45, 2.75) is 50.2 Å². The van der Waals surface area contributed by atoms with Gasteiger partial charge < -0.3 is 29.2 Å². The Morgan fingerprint density at radius 2 is 1.44 bits per heavy atom. The lowest BCUT2D eigenvalue weighted by Gasteiger charge is -2.35. The molecule has 4 aromatic carbocycles. The van der Waals surface area contributed by atoms with E-state index in [1.165, 1.54) is 69.7 Å². The first-order chi connectivity index (χ1) is 24.6. The van der Waals surface area contributed by atoms with E-state index in [0.29, 0.717) is 22.1 Å². The number of hydrogen-bond acceptors (Lipinski definition) is 8. The maximum Gasteiger partial charge on any atom is 0.265 e. The van der Waals surface area contributed by atoms with Gasteiger partial charge in [0.05, 0.1) is 39.0 Å². The number of ether oxygens (including phenoxy) is 4. The van der Waals surface area contributed by atoms with Crippen LogP contribution in [0.5, 0.6) is 23.0 Å². The highest BCUT2D eigenvalue weighted by molar-refractivity contribution is 7.92. The number of halogens is 2. The van der Waals surface area contributed by atoms with Crippen molar-refractivity contribution >= 4 is 50.7 Å². The lowest BCUT2D eigenvalue weighted by Crippen LogP contribution is -2.56. The van der Waals surface area contributed by atoms with Gasteiger partial charge in [0.15, 0.2) is 11.5 Å². The summed E-state index contributed by atoms with van der Waals surface area (Å²) < 4.78 is 52.1. The normalized spacial score (nSPS) is 12.0. The Labute approximate surface area is 315 Å². The van der Waals surface area contributed by atoms with Crippen LogP contribution in [0.1, 0.15) is 31.9 Å². The minimum absolute atomic E-state index is 0.0215. The summed E-state index contributed by atoms with van der Waals surface area (Å²) in [5.74, 6) is -0.216. The van der Waals surface area contributed by atoms with E-state index in [9.17, 15) is 18.0 Å². The molecule has 0 spiro atoms. The minimum atomic E-state index is -4.55. The molecular weight excluding hydrogens is 729 g/mol. The number of sulfonamides is 1. The van der Waals surface area contributed by atoms with Crippen LogP contribution in [0.15, 0.2) is 89.8 Å². The standard InChI is InChI=1S/C38H43Cl2N3O8S/c1-38(2,3)41-37(45)32(19-25-11-9-8-10-12-25)42(23-26-13-14-27(39)20-30(26)40)36(44)24-43(31-21-28(48-4)15-17-33(31)49-5)52(46,47)29-16-18-34(50-6)35(22-29)51-7/h8-18,20-22,32H,19,23-24H2,1-7H3,(H,41,45)/t32-/m0/s1. The van der Waals surface area contributed by atoms with Gasteiger partial charge in [0, 0.05) is 40.7 Å². The van der Waals surface area contributed by atoms with Crippen molar-refractivity contribution in [2.24, 2.45) is 0 Å². The summed E-state index contributed by atoms with van der Waals surface area (Å²) in [6, 6.07) is 21.7. The van der Waals surface area contributed by atoms with E-state index in [1.54, 1.807) is 18.2 Å². The molecule has 0 fully saturated rings. The van der Waals surface area contributed by atoms with Crippen molar-refractivity contribution in [3.05, 3.63) is 106 Å². The van der Waals surface area contributed by atoms with Crippen molar-refractivity contribution < 1.29 is 37.0 Å². The molecule has 0 aliphatic rings. The molecule has 4 rings (SSSR count). The van der Waals surface area contributed by atoms with Crippen molar-refractivity contribution in [3.63, 3.8) is 0 Å². The van der Waals surface area contributed by atoms with E-state index < -0.39 is 40.0 Å². The zero-order chi connectivity index (χ0) is 38.2. The predicted octanol–water partition coefficient (Wildman–Crippen LogP) is 6.78. The van der Waals surface area contributed by atoms with Gasteiger partial charge in [0.1, 0.15) is 24.1 Å². The molecule has 4 aromatic rings. The number of carbonyl (C=O) groups is 2.